The van der Waals surface area contributed by atoms with Crippen LogP contribution in [0.3, 0.4) is 0 Å². The van der Waals surface area contributed by atoms with Crippen LogP contribution in [-0.2, 0) is 15.4 Å². The summed E-state index contributed by atoms with van der Waals surface area (Å²) in [7, 11) is -3.80. The van der Waals surface area contributed by atoms with Crippen molar-refractivity contribution in [3.05, 3.63) is 101 Å². The average molecular weight is 432 g/mol. The van der Waals surface area contributed by atoms with E-state index in [4.69, 9.17) is 0 Å². The van der Waals surface area contributed by atoms with Gasteiger partial charge in [-0.05, 0) is 49.6 Å². The molecule has 31 heavy (non-hydrogen) atoms. The molecule has 1 aliphatic rings. The highest BCUT2D eigenvalue weighted by Gasteiger charge is 2.58. The molecule has 0 bridgehead atoms. The van der Waals surface area contributed by atoms with E-state index in [1.54, 1.807) is 12.1 Å². The molecule has 0 spiro atoms. The highest BCUT2D eigenvalue weighted by molar-refractivity contribution is 7.90. The second-order valence-corrected chi connectivity index (χ2v) is 10.3. The van der Waals surface area contributed by atoms with Crippen molar-refractivity contribution in [3.8, 4) is 0 Å². The maximum atomic E-state index is 13.9. The second kappa shape index (κ2) is 7.08. The Bertz CT molecular complexity index is 1370. The lowest BCUT2D eigenvalue weighted by Gasteiger charge is -2.18. The number of aryl methyl sites for hydroxylation is 2. The standard InChI is InChI=1S/C26H25NO3S/c1-18-12-14-21(15-13-18)31(29,30)27-24-11-7-6-10-22(24)19(2)25(27)23-16-26(23,17-28)20-8-4-3-5-9-20/h3-15,23,28H,16-17H2,1-2H3. The Balaban J connectivity index is 1.76. The van der Waals surface area contributed by atoms with Crippen molar-refractivity contribution in [1.82, 2.24) is 3.97 Å². The Kier molecular flexibility index (Phi) is 4.57. The SMILES string of the molecule is Cc1ccc(S(=O)(=O)n2c(C3CC3(CO)c3ccccc3)c(C)c3ccccc32)cc1. The van der Waals surface area contributed by atoms with Gasteiger partial charge in [0.15, 0.2) is 0 Å². The molecule has 0 radical (unpaired) electrons. The molecule has 0 aliphatic heterocycles. The van der Waals surface area contributed by atoms with E-state index in [-0.39, 0.29) is 17.4 Å². The van der Waals surface area contributed by atoms with Gasteiger partial charge in [-0.3, -0.25) is 0 Å². The molecule has 4 aromatic rings. The number of para-hydroxylation sites is 1. The molecule has 1 saturated carbocycles. The maximum Gasteiger partial charge on any atom is 0.268 e. The van der Waals surface area contributed by atoms with Gasteiger partial charge in [-0.2, -0.15) is 0 Å². The van der Waals surface area contributed by atoms with Crippen molar-refractivity contribution < 1.29 is 13.5 Å². The summed E-state index contributed by atoms with van der Waals surface area (Å²) in [6.45, 7) is 3.91. The molecule has 5 rings (SSSR count). The number of fused-ring (bicyclic) bond motifs is 1. The third-order valence-electron chi connectivity index (χ3n) is 6.73. The highest BCUT2D eigenvalue weighted by atomic mass is 32.2. The molecular weight excluding hydrogens is 406 g/mol. The van der Waals surface area contributed by atoms with Gasteiger partial charge in [0.1, 0.15) is 0 Å². The quantitative estimate of drug-likeness (QED) is 0.488. The Morgan fingerprint density at radius 2 is 1.58 bits per heavy atom. The molecule has 4 nitrogen and oxygen atoms in total. The number of aliphatic hydroxyl groups excluding tert-OH is 1. The van der Waals surface area contributed by atoms with E-state index in [0.717, 1.165) is 27.8 Å². The minimum absolute atomic E-state index is 0.0206. The average Bonchev–Trinajstić information content (AvgIpc) is 3.45. The van der Waals surface area contributed by atoms with Gasteiger partial charge in [-0.1, -0.05) is 66.2 Å². The van der Waals surface area contributed by atoms with E-state index < -0.39 is 15.4 Å². The fourth-order valence-corrected chi connectivity index (χ4v) is 6.52. The smallest absolute Gasteiger partial charge is 0.268 e. The molecule has 2 unspecified atom stereocenters. The third kappa shape index (κ3) is 2.95. The normalized spacial score (nSPS) is 20.8. The summed E-state index contributed by atoms with van der Waals surface area (Å²) in [6.07, 6.45) is 0.716. The van der Waals surface area contributed by atoms with Crippen LogP contribution >= 0.6 is 0 Å². The minimum Gasteiger partial charge on any atom is -0.395 e. The molecule has 3 aromatic carbocycles. The maximum absolute atomic E-state index is 13.9. The zero-order chi connectivity index (χ0) is 21.8. The molecule has 1 fully saturated rings. The van der Waals surface area contributed by atoms with Crippen molar-refractivity contribution >= 4 is 20.9 Å². The third-order valence-corrected chi connectivity index (χ3v) is 8.47. The molecule has 158 valence electrons. The first-order chi connectivity index (χ1) is 14.9. The topological polar surface area (TPSA) is 59.3 Å². The van der Waals surface area contributed by atoms with Gasteiger partial charge in [-0.15, -0.1) is 0 Å². The number of aliphatic hydroxyl groups is 1. The van der Waals surface area contributed by atoms with E-state index in [0.29, 0.717) is 11.9 Å². The summed E-state index contributed by atoms with van der Waals surface area (Å²) in [4.78, 5) is 0.273. The lowest BCUT2D eigenvalue weighted by molar-refractivity contribution is 0.251. The van der Waals surface area contributed by atoms with E-state index >= 15 is 0 Å². The summed E-state index contributed by atoms with van der Waals surface area (Å²) in [6, 6.07) is 24.6. The highest BCUT2D eigenvalue weighted by Crippen LogP contribution is 2.61. The number of nitrogens with zero attached hydrogens (tertiary/aromatic N) is 1. The first-order valence-electron chi connectivity index (χ1n) is 10.5. The Hall–Kier alpha value is -2.89. The van der Waals surface area contributed by atoms with E-state index in [1.807, 2.05) is 80.6 Å². The monoisotopic (exact) mass is 431 g/mol. The Labute approximate surface area is 182 Å². The van der Waals surface area contributed by atoms with Crippen LogP contribution in [0.1, 0.15) is 34.7 Å². The minimum atomic E-state index is -3.80. The first kappa shape index (κ1) is 20.0. The zero-order valence-corrected chi connectivity index (χ0v) is 18.4. The van der Waals surface area contributed by atoms with Crippen LogP contribution in [-0.4, -0.2) is 24.1 Å². The molecule has 1 aliphatic carbocycles. The van der Waals surface area contributed by atoms with Gasteiger partial charge in [-0.25, -0.2) is 12.4 Å². The number of hydrogen-bond donors (Lipinski definition) is 1. The second-order valence-electron chi connectivity index (χ2n) is 8.55. The van der Waals surface area contributed by atoms with Crippen molar-refractivity contribution in [3.63, 3.8) is 0 Å². The van der Waals surface area contributed by atoms with Gasteiger partial charge in [0.05, 0.1) is 17.0 Å². The number of hydrogen-bond acceptors (Lipinski definition) is 3. The summed E-state index contributed by atoms with van der Waals surface area (Å²) in [5.41, 5.74) is 4.02. The lowest BCUT2D eigenvalue weighted by Crippen LogP contribution is -2.20. The number of aromatic nitrogens is 1. The van der Waals surface area contributed by atoms with Crippen molar-refractivity contribution in [2.75, 3.05) is 6.61 Å². The molecule has 0 saturated heterocycles. The van der Waals surface area contributed by atoms with E-state index in [2.05, 4.69) is 0 Å². The van der Waals surface area contributed by atoms with Gasteiger partial charge >= 0.3 is 0 Å². The van der Waals surface area contributed by atoms with Gasteiger partial charge < -0.3 is 5.11 Å². The van der Waals surface area contributed by atoms with Crippen LogP contribution < -0.4 is 0 Å². The molecule has 5 heteroatoms. The zero-order valence-electron chi connectivity index (χ0n) is 17.6. The van der Waals surface area contributed by atoms with Crippen molar-refractivity contribution in [1.29, 1.82) is 0 Å². The largest absolute Gasteiger partial charge is 0.395 e. The number of rotatable bonds is 5. The summed E-state index contributed by atoms with van der Waals surface area (Å²) in [5, 5.41) is 11.3. The Morgan fingerprint density at radius 3 is 2.26 bits per heavy atom. The van der Waals surface area contributed by atoms with Crippen molar-refractivity contribution in [2.45, 2.75) is 36.5 Å². The first-order valence-corrected chi connectivity index (χ1v) is 11.9. The van der Waals surface area contributed by atoms with E-state index in [9.17, 15) is 13.5 Å². The van der Waals surface area contributed by atoms with Gasteiger partial charge in [0.2, 0.25) is 0 Å². The van der Waals surface area contributed by atoms with Gasteiger partial charge in [0, 0.05) is 22.4 Å². The van der Waals surface area contributed by atoms with Crippen LogP contribution in [0.25, 0.3) is 10.9 Å². The van der Waals surface area contributed by atoms with Crippen LogP contribution in [0.15, 0.2) is 83.8 Å². The van der Waals surface area contributed by atoms with Crippen molar-refractivity contribution in [2.24, 2.45) is 0 Å². The fraction of sp³-hybridized carbons (Fsp3) is 0.231. The van der Waals surface area contributed by atoms with Crippen LogP contribution in [0.5, 0.6) is 0 Å². The Morgan fingerprint density at radius 1 is 0.935 bits per heavy atom. The van der Waals surface area contributed by atoms with Crippen LogP contribution in [0.4, 0.5) is 0 Å². The predicted octanol–water partition coefficient (Wildman–Crippen LogP) is 4.91. The molecule has 0 amide bonds. The van der Waals surface area contributed by atoms with Crippen LogP contribution in [0.2, 0.25) is 0 Å². The summed E-state index contributed by atoms with van der Waals surface area (Å²) < 4.78 is 29.2. The van der Waals surface area contributed by atoms with E-state index in [1.165, 1.54) is 3.97 Å². The fourth-order valence-electron chi connectivity index (χ4n) is 4.88. The lowest BCUT2D eigenvalue weighted by atomic mass is 9.92. The van der Waals surface area contributed by atoms with Crippen LogP contribution in [0, 0.1) is 13.8 Å². The molecule has 2 atom stereocenters. The predicted molar refractivity (Wildman–Crippen MR) is 123 cm³/mol. The number of benzene rings is 3. The molecule has 1 heterocycles. The summed E-state index contributed by atoms with van der Waals surface area (Å²) >= 11 is 0. The molecular formula is C26H25NO3S. The van der Waals surface area contributed by atoms with Gasteiger partial charge in [0.25, 0.3) is 10.0 Å². The molecule has 1 aromatic heterocycles. The molecule has 1 N–H and O–H groups in total. The summed E-state index contributed by atoms with van der Waals surface area (Å²) in [5.74, 6) is -0.0764.